The number of furan rings is 1. The van der Waals surface area contributed by atoms with Crippen molar-refractivity contribution in [3.63, 3.8) is 0 Å². The predicted molar refractivity (Wildman–Crippen MR) is 84.9 cm³/mol. The number of thiazole rings is 1. The first-order valence-corrected chi connectivity index (χ1v) is 8.27. The summed E-state index contributed by atoms with van der Waals surface area (Å²) in [6, 6.07) is 3.03. The average molecular weight is 334 g/mol. The lowest BCUT2D eigenvalue weighted by Gasteiger charge is -2.35. The van der Waals surface area contributed by atoms with E-state index in [0.717, 1.165) is 10.7 Å². The average Bonchev–Trinajstić information content (AvgIpc) is 3.17. The van der Waals surface area contributed by atoms with Crippen LogP contribution in [0.2, 0.25) is 0 Å². The van der Waals surface area contributed by atoms with Crippen LogP contribution in [0.5, 0.6) is 0 Å². The molecule has 3 heterocycles. The number of ether oxygens (including phenoxy) is 1. The number of ketones is 1. The molecule has 1 atom stereocenters. The Morgan fingerprint density at radius 2 is 2.26 bits per heavy atom. The fraction of sp³-hybridized carbons (Fsp3) is 0.438. The number of Topliss-reactive ketones (excluding diaryl/α,β-unsaturated/α-hetero) is 1. The molecule has 1 aliphatic heterocycles. The molecule has 0 saturated carbocycles. The summed E-state index contributed by atoms with van der Waals surface area (Å²) in [5, 5.41) is 0.863. The summed E-state index contributed by atoms with van der Waals surface area (Å²) in [7, 11) is 0. The largest absolute Gasteiger partial charge is 0.461 e. The van der Waals surface area contributed by atoms with Gasteiger partial charge < -0.3 is 14.1 Å². The van der Waals surface area contributed by atoms with Gasteiger partial charge in [0.25, 0.3) is 5.91 Å². The minimum Gasteiger partial charge on any atom is -0.461 e. The van der Waals surface area contributed by atoms with Crippen LogP contribution in [0.1, 0.15) is 37.3 Å². The minimum absolute atomic E-state index is 0.0753. The van der Waals surface area contributed by atoms with Gasteiger partial charge in [0.15, 0.2) is 11.5 Å². The van der Waals surface area contributed by atoms with Crippen LogP contribution in [-0.2, 0) is 4.74 Å². The van der Waals surface area contributed by atoms with Crippen molar-refractivity contribution < 1.29 is 18.7 Å². The molecule has 0 N–H and O–H groups in total. The smallest absolute Gasteiger partial charge is 0.266 e. The van der Waals surface area contributed by atoms with Crippen molar-refractivity contribution in [2.24, 2.45) is 0 Å². The molecule has 1 amide bonds. The maximum Gasteiger partial charge on any atom is 0.266 e. The van der Waals surface area contributed by atoms with Crippen LogP contribution in [0, 0.1) is 13.8 Å². The molecule has 1 saturated heterocycles. The van der Waals surface area contributed by atoms with Gasteiger partial charge in [0, 0.05) is 13.0 Å². The third-order valence-corrected chi connectivity index (χ3v) is 4.86. The van der Waals surface area contributed by atoms with E-state index in [1.807, 2.05) is 13.8 Å². The van der Waals surface area contributed by atoms with Crippen LogP contribution in [-0.4, -0.2) is 47.4 Å². The van der Waals surface area contributed by atoms with E-state index in [-0.39, 0.29) is 24.2 Å². The summed E-state index contributed by atoms with van der Waals surface area (Å²) in [4.78, 5) is 31.7. The molecular formula is C16H18N2O4S. The minimum atomic E-state index is -0.282. The number of hydrogen-bond acceptors (Lipinski definition) is 6. The van der Waals surface area contributed by atoms with Gasteiger partial charge in [-0.3, -0.25) is 9.59 Å². The molecule has 0 radical (unpaired) electrons. The molecule has 0 spiro atoms. The van der Waals surface area contributed by atoms with Crippen molar-refractivity contribution in [2.45, 2.75) is 26.3 Å². The highest BCUT2D eigenvalue weighted by atomic mass is 32.1. The van der Waals surface area contributed by atoms with Crippen molar-refractivity contribution in [1.82, 2.24) is 9.88 Å². The molecule has 6 nitrogen and oxygen atoms in total. The normalized spacial score (nSPS) is 18.2. The number of carbonyl (C=O) groups excluding carboxylic acids is 2. The highest BCUT2D eigenvalue weighted by Gasteiger charge is 2.32. The van der Waals surface area contributed by atoms with E-state index in [4.69, 9.17) is 9.15 Å². The SMILES string of the molecule is Cc1nc(C)c(C(=O)N2CCOCC2CC(=O)c2ccco2)s1. The van der Waals surface area contributed by atoms with Gasteiger partial charge >= 0.3 is 0 Å². The molecule has 2 aromatic rings. The van der Waals surface area contributed by atoms with E-state index in [1.165, 1.54) is 17.6 Å². The van der Waals surface area contributed by atoms with Gasteiger partial charge in [0.1, 0.15) is 4.88 Å². The van der Waals surface area contributed by atoms with Gasteiger partial charge in [-0.25, -0.2) is 4.98 Å². The second-order valence-electron chi connectivity index (χ2n) is 5.48. The van der Waals surface area contributed by atoms with Crippen molar-refractivity contribution in [3.8, 4) is 0 Å². The lowest BCUT2D eigenvalue weighted by Crippen LogP contribution is -2.49. The maximum absolute atomic E-state index is 12.8. The monoisotopic (exact) mass is 334 g/mol. The van der Waals surface area contributed by atoms with E-state index >= 15 is 0 Å². The first-order chi connectivity index (χ1) is 11.1. The number of hydrogen-bond donors (Lipinski definition) is 0. The molecule has 0 bridgehead atoms. The lowest BCUT2D eigenvalue weighted by atomic mass is 10.1. The van der Waals surface area contributed by atoms with Crippen molar-refractivity contribution in [1.29, 1.82) is 0 Å². The Kier molecular flexibility index (Phi) is 4.58. The Bertz CT molecular complexity index is 708. The molecule has 122 valence electrons. The second-order valence-corrected chi connectivity index (χ2v) is 6.68. The zero-order valence-electron chi connectivity index (χ0n) is 13.1. The number of aryl methyl sites for hydroxylation is 2. The Balaban J connectivity index is 1.77. The maximum atomic E-state index is 12.8. The van der Waals surface area contributed by atoms with Crippen LogP contribution in [0.4, 0.5) is 0 Å². The second kappa shape index (κ2) is 6.64. The summed E-state index contributed by atoms with van der Waals surface area (Å²) < 4.78 is 10.6. The molecule has 0 aliphatic carbocycles. The summed E-state index contributed by atoms with van der Waals surface area (Å²) in [5.41, 5.74) is 0.736. The van der Waals surface area contributed by atoms with Gasteiger partial charge in [-0.1, -0.05) is 0 Å². The predicted octanol–water partition coefficient (Wildman–Crippen LogP) is 2.47. The molecule has 3 rings (SSSR count). The Morgan fingerprint density at radius 1 is 1.43 bits per heavy atom. The lowest BCUT2D eigenvalue weighted by molar-refractivity contribution is -0.00282. The number of amides is 1. The van der Waals surface area contributed by atoms with Crippen molar-refractivity contribution in [3.05, 3.63) is 39.7 Å². The standard InChI is InChI=1S/C16H18N2O4S/c1-10-15(23-11(2)17-10)16(20)18-5-7-21-9-12(18)8-13(19)14-4-3-6-22-14/h3-4,6,12H,5,7-9H2,1-2H3. The van der Waals surface area contributed by atoms with Crippen LogP contribution >= 0.6 is 11.3 Å². The number of nitrogens with zero attached hydrogens (tertiary/aromatic N) is 2. The van der Waals surface area contributed by atoms with E-state index in [1.54, 1.807) is 17.0 Å². The highest BCUT2D eigenvalue weighted by molar-refractivity contribution is 7.13. The fourth-order valence-electron chi connectivity index (χ4n) is 2.70. The zero-order valence-corrected chi connectivity index (χ0v) is 13.9. The topological polar surface area (TPSA) is 72.6 Å². The van der Waals surface area contributed by atoms with Crippen LogP contribution < -0.4 is 0 Å². The van der Waals surface area contributed by atoms with Crippen LogP contribution in [0.25, 0.3) is 0 Å². The number of morpholine rings is 1. The van der Waals surface area contributed by atoms with Gasteiger partial charge in [-0.15, -0.1) is 11.3 Å². The van der Waals surface area contributed by atoms with Gasteiger partial charge in [-0.2, -0.15) is 0 Å². The van der Waals surface area contributed by atoms with E-state index in [2.05, 4.69) is 4.98 Å². The first kappa shape index (κ1) is 15.9. The summed E-state index contributed by atoms with van der Waals surface area (Å²) in [6.07, 6.45) is 1.66. The zero-order chi connectivity index (χ0) is 16.4. The third-order valence-electron chi connectivity index (χ3n) is 3.80. The third kappa shape index (κ3) is 3.35. The van der Waals surface area contributed by atoms with Gasteiger partial charge in [0.2, 0.25) is 0 Å². The molecule has 7 heteroatoms. The number of aromatic nitrogens is 1. The van der Waals surface area contributed by atoms with Gasteiger partial charge in [0.05, 0.1) is 36.2 Å². The Morgan fingerprint density at radius 3 is 2.91 bits per heavy atom. The molecule has 1 fully saturated rings. The highest BCUT2D eigenvalue weighted by Crippen LogP contribution is 2.23. The van der Waals surface area contributed by atoms with Crippen LogP contribution in [0.3, 0.4) is 0 Å². The molecule has 1 aliphatic rings. The molecule has 2 aromatic heterocycles. The molecular weight excluding hydrogens is 316 g/mol. The van der Waals surface area contributed by atoms with Crippen molar-refractivity contribution >= 4 is 23.0 Å². The van der Waals surface area contributed by atoms with Crippen LogP contribution in [0.15, 0.2) is 22.8 Å². The number of carbonyl (C=O) groups is 2. The molecule has 1 unspecified atom stereocenters. The molecule has 23 heavy (non-hydrogen) atoms. The summed E-state index contributed by atoms with van der Waals surface area (Å²) in [5.74, 6) is 0.113. The molecule has 0 aromatic carbocycles. The van der Waals surface area contributed by atoms with E-state index in [9.17, 15) is 9.59 Å². The fourth-order valence-corrected chi connectivity index (χ4v) is 3.58. The Labute approximate surface area is 138 Å². The summed E-state index contributed by atoms with van der Waals surface area (Å²) in [6.45, 7) is 5.03. The van der Waals surface area contributed by atoms with E-state index in [0.29, 0.717) is 30.4 Å². The summed E-state index contributed by atoms with van der Waals surface area (Å²) >= 11 is 1.39. The van der Waals surface area contributed by atoms with Gasteiger partial charge in [-0.05, 0) is 26.0 Å². The van der Waals surface area contributed by atoms with Crippen molar-refractivity contribution in [2.75, 3.05) is 19.8 Å². The quantitative estimate of drug-likeness (QED) is 0.803. The van der Waals surface area contributed by atoms with E-state index < -0.39 is 0 Å². The Hall–Kier alpha value is -1.99. The first-order valence-electron chi connectivity index (χ1n) is 7.45. The number of rotatable bonds is 4.